The van der Waals surface area contributed by atoms with Gasteiger partial charge in [-0.05, 0) is 61.5 Å². The largest absolute Gasteiger partial charge is 0.461 e. The molecule has 4 N–H and O–H groups in total. The minimum atomic E-state index is -0.513. The molecular formula is C42H45N5O9S. The second kappa shape index (κ2) is 20.4. The highest BCUT2D eigenvalue weighted by molar-refractivity contribution is 7.80. The lowest BCUT2D eigenvalue weighted by molar-refractivity contribution is -0.0448. The summed E-state index contributed by atoms with van der Waals surface area (Å²) in [6.07, 6.45) is 2.54. The summed E-state index contributed by atoms with van der Waals surface area (Å²) < 4.78 is 32.8. The number of carbonyl (C=O) groups is 3. The Labute approximate surface area is 335 Å². The van der Waals surface area contributed by atoms with E-state index < -0.39 is 12.3 Å². The molecule has 57 heavy (non-hydrogen) atoms. The zero-order valence-corrected chi connectivity index (χ0v) is 32.5. The zero-order valence-electron chi connectivity index (χ0n) is 31.7. The SMILES string of the molecule is CCOC(=O)c1[nH]ccc1N(Cc1ccccc1C1OCCO1)C(=S)NC(=O)c1ccccc1.CCOC(=O)c1[nH]ccc1NCc1ccccc1C1OCCO1. The number of amides is 1. The van der Waals surface area contributed by atoms with Crippen LogP contribution in [0.15, 0.2) is 103 Å². The monoisotopic (exact) mass is 795 g/mol. The lowest BCUT2D eigenvalue weighted by Crippen LogP contribution is -2.43. The third-order valence-corrected chi connectivity index (χ3v) is 9.21. The molecule has 0 bridgehead atoms. The first kappa shape index (κ1) is 40.8. The molecule has 0 spiro atoms. The number of nitrogens with zero attached hydrogens (tertiary/aromatic N) is 1. The van der Waals surface area contributed by atoms with E-state index in [1.165, 1.54) is 0 Å². The van der Waals surface area contributed by atoms with Crippen LogP contribution in [0.1, 0.15) is 80.0 Å². The molecular weight excluding hydrogens is 751 g/mol. The van der Waals surface area contributed by atoms with Crippen LogP contribution in [-0.4, -0.2) is 72.6 Å². The highest BCUT2D eigenvalue weighted by atomic mass is 32.1. The van der Waals surface area contributed by atoms with Crippen LogP contribution in [0.3, 0.4) is 0 Å². The Morgan fingerprint density at radius 1 is 0.702 bits per heavy atom. The summed E-state index contributed by atoms with van der Waals surface area (Å²) in [5, 5.41) is 6.19. The van der Waals surface area contributed by atoms with E-state index in [2.05, 4.69) is 20.6 Å². The number of nitrogens with one attached hydrogen (secondary N) is 4. The Morgan fingerprint density at radius 3 is 1.86 bits per heavy atom. The molecule has 0 aliphatic carbocycles. The molecule has 2 aliphatic rings. The molecule has 3 aromatic carbocycles. The molecule has 0 saturated carbocycles. The predicted octanol–water partition coefficient (Wildman–Crippen LogP) is 6.81. The maximum absolute atomic E-state index is 12.8. The van der Waals surface area contributed by atoms with E-state index >= 15 is 0 Å². The number of thiocarbonyl (C=S) groups is 1. The summed E-state index contributed by atoms with van der Waals surface area (Å²) in [5.74, 6) is -1.23. The Balaban J connectivity index is 0.000000208. The van der Waals surface area contributed by atoms with Crippen molar-refractivity contribution < 1.29 is 42.8 Å². The van der Waals surface area contributed by atoms with Gasteiger partial charge in [-0.2, -0.15) is 0 Å². The Bertz CT molecular complexity index is 2110. The van der Waals surface area contributed by atoms with Crippen LogP contribution in [0.4, 0.5) is 11.4 Å². The van der Waals surface area contributed by atoms with E-state index in [-0.39, 0.29) is 42.1 Å². The number of hydrogen-bond donors (Lipinski definition) is 4. The van der Waals surface area contributed by atoms with E-state index in [1.807, 2.05) is 60.7 Å². The van der Waals surface area contributed by atoms with Gasteiger partial charge in [-0.1, -0.05) is 66.7 Å². The number of aromatic nitrogens is 2. The normalized spacial score (nSPS) is 14.0. The zero-order chi connectivity index (χ0) is 40.0. The van der Waals surface area contributed by atoms with Gasteiger partial charge in [0.2, 0.25) is 0 Å². The van der Waals surface area contributed by atoms with Gasteiger partial charge >= 0.3 is 11.9 Å². The smallest absolute Gasteiger partial charge is 0.356 e. The number of esters is 2. The van der Waals surface area contributed by atoms with Crippen molar-refractivity contribution in [2.24, 2.45) is 0 Å². The molecule has 15 heteroatoms. The molecule has 7 rings (SSSR count). The molecule has 0 unspecified atom stereocenters. The molecule has 0 atom stereocenters. The summed E-state index contributed by atoms with van der Waals surface area (Å²) in [6, 6.07) is 27.9. The highest BCUT2D eigenvalue weighted by Gasteiger charge is 2.27. The van der Waals surface area contributed by atoms with Gasteiger partial charge < -0.3 is 48.6 Å². The quantitative estimate of drug-likeness (QED) is 0.0728. The number of benzene rings is 3. The van der Waals surface area contributed by atoms with E-state index in [0.29, 0.717) is 62.2 Å². The van der Waals surface area contributed by atoms with Crippen LogP contribution in [0.25, 0.3) is 0 Å². The van der Waals surface area contributed by atoms with Crippen molar-refractivity contribution in [1.29, 1.82) is 0 Å². The van der Waals surface area contributed by atoms with Crippen molar-refractivity contribution >= 4 is 46.6 Å². The maximum Gasteiger partial charge on any atom is 0.356 e. The number of hydrogen-bond acceptors (Lipinski definition) is 11. The lowest BCUT2D eigenvalue weighted by Gasteiger charge is -2.27. The van der Waals surface area contributed by atoms with Crippen LogP contribution in [0.2, 0.25) is 0 Å². The van der Waals surface area contributed by atoms with Gasteiger partial charge in [-0.25, -0.2) is 9.59 Å². The minimum Gasteiger partial charge on any atom is -0.461 e. The second-order valence-corrected chi connectivity index (χ2v) is 12.9. The summed E-state index contributed by atoms with van der Waals surface area (Å²) in [7, 11) is 0. The van der Waals surface area contributed by atoms with E-state index in [0.717, 1.165) is 22.3 Å². The summed E-state index contributed by atoms with van der Waals surface area (Å²) in [4.78, 5) is 44.8. The van der Waals surface area contributed by atoms with Crippen molar-refractivity contribution in [2.75, 3.05) is 49.9 Å². The van der Waals surface area contributed by atoms with Gasteiger partial charge in [-0.3, -0.25) is 10.1 Å². The molecule has 2 fully saturated rings. The lowest BCUT2D eigenvalue weighted by atomic mass is 10.1. The third-order valence-electron chi connectivity index (χ3n) is 8.88. The molecule has 14 nitrogen and oxygen atoms in total. The first-order chi connectivity index (χ1) is 27.9. The van der Waals surface area contributed by atoms with Gasteiger partial charge in [0.25, 0.3) is 5.91 Å². The van der Waals surface area contributed by atoms with Gasteiger partial charge in [0, 0.05) is 35.6 Å². The Hall–Kier alpha value is -5.84. The van der Waals surface area contributed by atoms with Crippen molar-refractivity contribution in [3.8, 4) is 0 Å². The van der Waals surface area contributed by atoms with E-state index in [4.69, 9.17) is 40.6 Å². The maximum atomic E-state index is 12.8. The average molecular weight is 796 g/mol. The summed E-state index contributed by atoms with van der Waals surface area (Å²) in [5.41, 5.74) is 6.14. The minimum absolute atomic E-state index is 0.141. The van der Waals surface area contributed by atoms with Crippen LogP contribution in [0, 0.1) is 0 Å². The van der Waals surface area contributed by atoms with Crippen LogP contribution < -0.4 is 15.5 Å². The molecule has 298 valence electrons. The number of anilines is 2. The van der Waals surface area contributed by atoms with Gasteiger partial charge in [-0.15, -0.1) is 0 Å². The second-order valence-electron chi connectivity index (χ2n) is 12.6. The molecule has 5 aromatic rings. The number of aromatic amines is 2. The van der Waals surface area contributed by atoms with Gasteiger partial charge in [0.05, 0.1) is 57.6 Å². The molecule has 2 aliphatic heterocycles. The third kappa shape index (κ3) is 10.5. The fraction of sp³-hybridized carbons (Fsp3) is 0.286. The number of carbonyl (C=O) groups excluding carboxylic acids is 3. The topological polar surface area (TPSA) is 165 Å². The Kier molecular flexibility index (Phi) is 14.6. The van der Waals surface area contributed by atoms with Crippen molar-refractivity contribution in [1.82, 2.24) is 15.3 Å². The number of ether oxygens (including phenoxy) is 6. The predicted molar refractivity (Wildman–Crippen MR) is 216 cm³/mol. The standard InChI is InChI=1S/C25H25N3O5S.C17H20N2O4/c1-2-31-23(30)21-20(12-13-26-21)28(25(34)27-22(29)17-8-4-3-5-9-17)16-18-10-6-7-11-19(18)24-32-14-15-33-24;1-2-21-16(20)15-14(7-8-18-15)19-11-12-5-3-4-6-13(12)17-22-9-10-23-17/h3-13,24,26H,2,14-16H2,1H3,(H,27,29,34);3-8,17-19H,2,9-11H2,1H3. The summed E-state index contributed by atoms with van der Waals surface area (Å²) in [6.45, 7) is 7.16. The first-order valence-electron chi connectivity index (χ1n) is 18.6. The van der Waals surface area contributed by atoms with Crippen molar-refractivity contribution in [3.63, 3.8) is 0 Å². The van der Waals surface area contributed by atoms with E-state index in [1.54, 1.807) is 61.5 Å². The van der Waals surface area contributed by atoms with Crippen molar-refractivity contribution in [3.05, 3.63) is 143 Å². The molecule has 2 saturated heterocycles. The summed E-state index contributed by atoms with van der Waals surface area (Å²) >= 11 is 5.65. The van der Waals surface area contributed by atoms with Crippen LogP contribution in [0.5, 0.6) is 0 Å². The Morgan fingerprint density at radius 2 is 1.23 bits per heavy atom. The highest BCUT2D eigenvalue weighted by Crippen LogP contribution is 2.30. The molecule has 2 aromatic heterocycles. The number of H-pyrrole nitrogens is 2. The van der Waals surface area contributed by atoms with E-state index in [9.17, 15) is 14.4 Å². The fourth-order valence-electron chi connectivity index (χ4n) is 6.20. The molecule has 1 amide bonds. The van der Waals surface area contributed by atoms with Gasteiger partial charge in [0.15, 0.2) is 17.7 Å². The number of rotatable bonds is 13. The van der Waals surface area contributed by atoms with Crippen LogP contribution >= 0.6 is 12.2 Å². The van der Waals surface area contributed by atoms with Gasteiger partial charge in [0.1, 0.15) is 11.4 Å². The molecule has 0 radical (unpaired) electrons. The van der Waals surface area contributed by atoms with Crippen molar-refractivity contribution in [2.45, 2.75) is 39.5 Å². The first-order valence-corrected chi connectivity index (χ1v) is 19.0. The van der Waals surface area contributed by atoms with Crippen LogP contribution in [-0.2, 0) is 41.5 Å². The fourth-order valence-corrected chi connectivity index (χ4v) is 6.46. The average Bonchev–Trinajstić information content (AvgIpc) is 4.09. The molecule has 4 heterocycles.